The van der Waals surface area contributed by atoms with Crippen LogP contribution in [0.2, 0.25) is 0 Å². The minimum absolute atomic E-state index is 0. The number of alkyl halides is 3. The lowest BCUT2D eigenvalue weighted by Crippen LogP contribution is -2.17. The molecule has 0 heterocycles. The second-order valence-corrected chi connectivity index (χ2v) is 5.21. The molecule has 0 saturated heterocycles. The van der Waals surface area contributed by atoms with E-state index in [1.165, 1.54) is 30.3 Å². The summed E-state index contributed by atoms with van der Waals surface area (Å²) in [6.45, 7) is 0. The van der Waals surface area contributed by atoms with Crippen LogP contribution in [0.4, 0.5) is 13.2 Å². The number of halogens is 5. The van der Waals surface area contributed by atoms with Gasteiger partial charge in [-0.2, -0.15) is 0 Å². The van der Waals surface area contributed by atoms with Gasteiger partial charge in [0.1, 0.15) is 11.5 Å². The summed E-state index contributed by atoms with van der Waals surface area (Å²) in [6, 6.07) is 9.34. The van der Waals surface area contributed by atoms with Crippen LogP contribution in [0.3, 0.4) is 0 Å². The van der Waals surface area contributed by atoms with Crippen molar-refractivity contribution in [3.8, 4) is 11.5 Å². The van der Waals surface area contributed by atoms with Crippen molar-refractivity contribution in [1.82, 2.24) is 0 Å². The molecule has 0 fully saturated rings. The molecule has 0 amide bonds. The first-order valence-corrected chi connectivity index (χ1v) is 6.65. The van der Waals surface area contributed by atoms with Crippen molar-refractivity contribution < 1.29 is 23.0 Å². The zero-order valence-electron chi connectivity index (χ0n) is 11.0. The highest BCUT2D eigenvalue weighted by Gasteiger charge is 2.31. The lowest BCUT2D eigenvalue weighted by atomic mass is 9.99. The van der Waals surface area contributed by atoms with Gasteiger partial charge in [-0.25, -0.2) is 0 Å². The summed E-state index contributed by atoms with van der Waals surface area (Å²) < 4.78 is 40.8. The third-order valence-electron chi connectivity index (χ3n) is 2.80. The number of ether oxygens (including phenoxy) is 1. The first kappa shape index (κ1) is 18.6. The third kappa shape index (κ3) is 4.79. The molecular formula is C14H12BrClF3NO2. The van der Waals surface area contributed by atoms with Crippen molar-refractivity contribution in [2.45, 2.75) is 12.4 Å². The number of hydrogen-bond acceptors (Lipinski definition) is 3. The normalized spacial score (nSPS) is 12.4. The zero-order valence-corrected chi connectivity index (χ0v) is 13.4. The summed E-state index contributed by atoms with van der Waals surface area (Å²) in [6.07, 6.45) is -4.73. The van der Waals surface area contributed by atoms with Crippen LogP contribution in [0.15, 0.2) is 46.9 Å². The highest BCUT2D eigenvalue weighted by molar-refractivity contribution is 9.10. The van der Waals surface area contributed by atoms with E-state index in [0.717, 1.165) is 4.47 Å². The van der Waals surface area contributed by atoms with E-state index in [1.54, 1.807) is 12.1 Å². The van der Waals surface area contributed by atoms with E-state index < -0.39 is 12.4 Å². The van der Waals surface area contributed by atoms with Crippen molar-refractivity contribution in [3.63, 3.8) is 0 Å². The summed E-state index contributed by atoms with van der Waals surface area (Å²) in [7, 11) is 0. The summed E-state index contributed by atoms with van der Waals surface area (Å²) in [5.74, 6) is -0.307. The van der Waals surface area contributed by atoms with Crippen LogP contribution in [0, 0.1) is 0 Å². The predicted molar refractivity (Wildman–Crippen MR) is 82.2 cm³/mol. The quantitative estimate of drug-likeness (QED) is 0.799. The van der Waals surface area contributed by atoms with Crippen LogP contribution >= 0.6 is 28.3 Å². The summed E-state index contributed by atoms with van der Waals surface area (Å²) in [5, 5.41) is 9.80. The molecular weight excluding hydrogens is 387 g/mol. The highest BCUT2D eigenvalue weighted by atomic mass is 79.9. The van der Waals surface area contributed by atoms with Gasteiger partial charge < -0.3 is 15.6 Å². The van der Waals surface area contributed by atoms with Gasteiger partial charge in [-0.3, -0.25) is 0 Å². The van der Waals surface area contributed by atoms with Crippen LogP contribution < -0.4 is 10.5 Å². The Morgan fingerprint density at radius 1 is 1.09 bits per heavy atom. The molecule has 0 aliphatic heterocycles. The molecule has 22 heavy (non-hydrogen) atoms. The highest BCUT2D eigenvalue weighted by Crippen LogP contribution is 2.31. The molecule has 120 valence electrons. The first-order chi connectivity index (χ1) is 9.76. The fourth-order valence-corrected chi connectivity index (χ4v) is 2.21. The maximum absolute atomic E-state index is 12.1. The summed E-state index contributed by atoms with van der Waals surface area (Å²) in [5.41, 5.74) is 7.04. The van der Waals surface area contributed by atoms with Gasteiger partial charge in [-0.05, 0) is 35.9 Å². The lowest BCUT2D eigenvalue weighted by Gasteiger charge is -2.15. The van der Waals surface area contributed by atoms with E-state index in [-0.39, 0.29) is 23.9 Å². The van der Waals surface area contributed by atoms with Crippen LogP contribution in [-0.2, 0) is 0 Å². The fraction of sp³-hybridized carbons (Fsp3) is 0.143. The number of benzene rings is 2. The number of phenols is 1. The zero-order chi connectivity index (χ0) is 15.6. The molecule has 8 heteroatoms. The minimum Gasteiger partial charge on any atom is -0.508 e. The molecule has 0 aliphatic rings. The molecule has 2 aromatic carbocycles. The Bertz CT molecular complexity index is 635. The Morgan fingerprint density at radius 3 is 2.23 bits per heavy atom. The SMILES string of the molecule is Cl.N[C@@H](c1ccc(OC(F)(F)F)cc1)c1cc(Br)ccc1O. The summed E-state index contributed by atoms with van der Waals surface area (Å²) in [4.78, 5) is 0. The van der Waals surface area contributed by atoms with E-state index in [0.29, 0.717) is 11.1 Å². The van der Waals surface area contributed by atoms with Gasteiger partial charge in [0.05, 0.1) is 6.04 Å². The van der Waals surface area contributed by atoms with Crippen LogP contribution in [-0.4, -0.2) is 11.5 Å². The number of aromatic hydroxyl groups is 1. The van der Waals surface area contributed by atoms with Crippen molar-refractivity contribution in [2.24, 2.45) is 5.73 Å². The molecule has 0 radical (unpaired) electrons. The fourth-order valence-electron chi connectivity index (χ4n) is 1.83. The monoisotopic (exact) mass is 397 g/mol. The molecule has 0 unspecified atom stereocenters. The van der Waals surface area contributed by atoms with Gasteiger partial charge in [0.2, 0.25) is 0 Å². The number of nitrogens with two attached hydrogens (primary N) is 1. The maximum Gasteiger partial charge on any atom is 0.573 e. The predicted octanol–water partition coefficient (Wildman–Crippen LogP) is 4.52. The second kappa shape index (κ2) is 7.21. The molecule has 1 atom stereocenters. The summed E-state index contributed by atoms with van der Waals surface area (Å²) >= 11 is 3.27. The largest absolute Gasteiger partial charge is 0.573 e. The molecule has 0 aliphatic carbocycles. The maximum atomic E-state index is 12.1. The van der Waals surface area contributed by atoms with Crippen molar-refractivity contribution in [2.75, 3.05) is 0 Å². The van der Waals surface area contributed by atoms with E-state index in [2.05, 4.69) is 20.7 Å². The average molecular weight is 399 g/mol. The average Bonchev–Trinajstić information content (AvgIpc) is 2.40. The molecule has 0 bridgehead atoms. The van der Waals surface area contributed by atoms with E-state index in [1.807, 2.05) is 0 Å². The Morgan fingerprint density at radius 2 is 1.68 bits per heavy atom. The van der Waals surface area contributed by atoms with Gasteiger partial charge >= 0.3 is 6.36 Å². The van der Waals surface area contributed by atoms with E-state index >= 15 is 0 Å². The molecule has 2 rings (SSSR count). The Hall–Kier alpha value is -1.44. The third-order valence-corrected chi connectivity index (χ3v) is 3.29. The van der Waals surface area contributed by atoms with Gasteiger partial charge in [0.25, 0.3) is 0 Å². The molecule has 3 N–H and O–H groups in total. The lowest BCUT2D eigenvalue weighted by molar-refractivity contribution is -0.274. The van der Waals surface area contributed by atoms with Gasteiger partial charge in [-0.15, -0.1) is 25.6 Å². The minimum atomic E-state index is -4.73. The van der Waals surface area contributed by atoms with Crippen LogP contribution in [0.1, 0.15) is 17.2 Å². The molecule has 3 nitrogen and oxygen atoms in total. The standard InChI is InChI=1S/C14H11BrF3NO2.ClH/c15-9-3-6-12(20)11(7-9)13(19)8-1-4-10(5-2-8)21-14(16,17)18;/h1-7,13,20H,19H2;1H/t13-;/m0./s1. The Balaban J connectivity index is 0.00000242. The van der Waals surface area contributed by atoms with Gasteiger partial charge in [0.15, 0.2) is 0 Å². The van der Waals surface area contributed by atoms with E-state index in [9.17, 15) is 18.3 Å². The molecule has 0 aromatic heterocycles. The van der Waals surface area contributed by atoms with Gasteiger partial charge in [-0.1, -0.05) is 28.1 Å². The smallest absolute Gasteiger partial charge is 0.508 e. The number of rotatable bonds is 3. The number of phenolic OH excluding ortho intramolecular Hbond substituents is 1. The second-order valence-electron chi connectivity index (χ2n) is 4.30. The van der Waals surface area contributed by atoms with Crippen molar-refractivity contribution >= 4 is 28.3 Å². The Kier molecular flexibility index (Phi) is 6.10. The van der Waals surface area contributed by atoms with E-state index in [4.69, 9.17) is 5.73 Å². The number of hydrogen-bond donors (Lipinski definition) is 2. The first-order valence-electron chi connectivity index (χ1n) is 5.86. The molecule has 2 aromatic rings. The van der Waals surface area contributed by atoms with Gasteiger partial charge in [0, 0.05) is 10.0 Å². The van der Waals surface area contributed by atoms with Crippen molar-refractivity contribution in [3.05, 3.63) is 58.1 Å². The topological polar surface area (TPSA) is 55.5 Å². The Labute approximate surface area is 139 Å². The molecule has 0 spiro atoms. The van der Waals surface area contributed by atoms with Crippen molar-refractivity contribution in [1.29, 1.82) is 0 Å². The van der Waals surface area contributed by atoms with Crippen LogP contribution in [0.25, 0.3) is 0 Å². The van der Waals surface area contributed by atoms with Crippen LogP contribution in [0.5, 0.6) is 11.5 Å². The molecule has 0 saturated carbocycles.